The number of ether oxygens (including phenoxy) is 1. The minimum Gasteiger partial charge on any atom is -0.468 e. The van der Waals surface area contributed by atoms with Crippen LogP contribution in [0.25, 0.3) is 0 Å². The molecule has 1 N–H and O–H groups in total. The molecular formula is C13H12F3N3O3. The number of aromatic nitrogens is 2. The summed E-state index contributed by atoms with van der Waals surface area (Å²) in [5, 5.41) is 6.08. The molecule has 118 valence electrons. The summed E-state index contributed by atoms with van der Waals surface area (Å²) >= 11 is 0. The highest BCUT2D eigenvalue weighted by Gasteiger charge is 2.28. The molecule has 0 unspecified atom stereocenters. The Hall–Kier alpha value is -2.58. The topological polar surface area (TPSA) is 77.3 Å². The Labute approximate surface area is 123 Å². The van der Waals surface area contributed by atoms with Crippen LogP contribution >= 0.6 is 0 Å². The van der Waals surface area contributed by atoms with E-state index in [0.717, 1.165) is 0 Å². The number of alkyl halides is 3. The molecule has 0 spiro atoms. The quantitative estimate of drug-likeness (QED) is 0.915. The van der Waals surface area contributed by atoms with Crippen molar-refractivity contribution in [3.8, 4) is 5.88 Å². The van der Waals surface area contributed by atoms with Gasteiger partial charge in [0, 0.05) is 18.8 Å². The van der Waals surface area contributed by atoms with Crippen LogP contribution in [0.15, 0.2) is 29.0 Å². The fourth-order valence-corrected chi connectivity index (χ4v) is 1.59. The van der Waals surface area contributed by atoms with Crippen molar-refractivity contribution in [3.05, 3.63) is 41.4 Å². The zero-order valence-corrected chi connectivity index (χ0v) is 11.5. The van der Waals surface area contributed by atoms with Gasteiger partial charge in [0.15, 0.2) is 6.61 Å². The van der Waals surface area contributed by atoms with Gasteiger partial charge in [-0.25, -0.2) is 4.98 Å². The second kappa shape index (κ2) is 6.46. The maximum Gasteiger partial charge on any atom is 0.422 e. The number of rotatable bonds is 5. The Balaban J connectivity index is 1.93. The van der Waals surface area contributed by atoms with Gasteiger partial charge in [-0.15, -0.1) is 0 Å². The van der Waals surface area contributed by atoms with Gasteiger partial charge >= 0.3 is 6.18 Å². The molecule has 0 radical (unpaired) electrons. The second-order valence-corrected chi connectivity index (χ2v) is 4.38. The van der Waals surface area contributed by atoms with E-state index in [-0.39, 0.29) is 12.4 Å². The number of aryl methyl sites for hydroxylation is 1. The van der Waals surface area contributed by atoms with Crippen LogP contribution in [-0.2, 0) is 6.54 Å². The highest BCUT2D eigenvalue weighted by molar-refractivity contribution is 5.94. The van der Waals surface area contributed by atoms with Gasteiger partial charge in [-0.2, -0.15) is 13.2 Å². The minimum atomic E-state index is -4.43. The van der Waals surface area contributed by atoms with E-state index in [0.29, 0.717) is 16.9 Å². The molecule has 0 fully saturated rings. The average molecular weight is 315 g/mol. The third-order valence-corrected chi connectivity index (χ3v) is 2.63. The van der Waals surface area contributed by atoms with Crippen molar-refractivity contribution < 1.29 is 27.2 Å². The monoisotopic (exact) mass is 315 g/mol. The molecule has 0 aliphatic carbocycles. The summed E-state index contributed by atoms with van der Waals surface area (Å²) in [5.41, 5.74) is 0.845. The molecule has 0 bridgehead atoms. The summed E-state index contributed by atoms with van der Waals surface area (Å²) in [6.45, 7) is 0.279. The fourth-order valence-electron chi connectivity index (χ4n) is 1.59. The summed E-state index contributed by atoms with van der Waals surface area (Å²) in [6, 6.07) is 2.88. The van der Waals surface area contributed by atoms with Crippen molar-refractivity contribution in [1.82, 2.24) is 15.5 Å². The first kappa shape index (κ1) is 15.8. The largest absolute Gasteiger partial charge is 0.468 e. The van der Waals surface area contributed by atoms with Crippen molar-refractivity contribution in [2.24, 2.45) is 0 Å². The number of nitrogens with zero attached hydrogens (tertiary/aromatic N) is 2. The maximum atomic E-state index is 12.1. The first-order chi connectivity index (χ1) is 10.3. The lowest BCUT2D eigenvalue weighted by Gasteiger charge is -2.09. The SMILES string of the molecule is Cc1oncc1C(=O)NCc1ccnc(OCC(F)(F)F)c1. The van der Waals surface area contributed by atoms with E-state index in [1.165, 1.54) is 18.5 Å². The summed E-state index contributed by atoms with van der Waals surface area (Å²) in [5.74, 6) is -0.181. The predicted octanol–water partition coefficient (Wildman–Crippen LogP) is 2.25. The van der Waals surface area contributed by atoms with Crippen LogP contribution in [0.3, 0.4) is 0 Å². The third-order valence-electron chi connectivity index (χ3n) is 2.63. The van der Waals surface area contributed by atoms with Crippen LogP contribution in [0, 0.1) is 6.92 Å². The third kappa shape index (κ3) is 4.47. The first-order valence-electron chi connectivity index (χ1n) is 6.19. The zero-order valence-electron chi connectivity index (χ0n) is 11.5. The zero-order chi connectivity index (χ0) is 16.2. The summed E-state index contributed by atoms with van der Waals surface area (Å²) in [6.07, 6.45) is -1.84. The molecule has 0 aromatic carbocycles. The van der Waals surface area contributed by atoms with Gasteiger partial charge in [-0.1, -0.05) is 5.16 Å². The number of hydrogen-bond acceptors (Lipinski definition) is 5. The lowest BCUT2D eigenvalue weighted by atomic mass is 10.2. The number of pyridine rings is 1. The van der Waals surface area contributed by atoms with Crippen molar-refractivity contribution in [1.29, 1.82) is 0 Å². The molecule has 0 atom stereocenters. The number of amides is 1. The molecule has 0 saturated carbocycles. The van der Waals surface area contributed by atoms with Gasteiger partial charge in [0.05, 0.1) is 6.20 Å². The van der Waals surface area contributed by atoms with Crippen LogP contribution in [0.4, 0.5) is 13.2 Å². The summed E-state index contributed by atoms with van der Waals surface area (Å²) in [7, 11) is 0. The van der Waals surface area contributed by atoms with E-state index >= 15 is 0 Å². The van der Waals surface area contributed by atoms with Crippen molar-refractivity contribution >= 4 is 5.91 Å². The first-order valence-corrected chi connectivity index (χ1v) is 6.19. The lowest BCUT2D eigenvalue weighted by Crippen LogP contribution is -2.23. The molecule has 2 aromatic rings. The van der Waals surface area contributed by atoms with Gasteiger partial charge in [0.2, 0.25) is 5.88 Å². The smallest absolute Gasteiger partial charge is 0.422 e. The highest BCUT2D eigenvalue weighted by Crippen LogP contribution is 2.17. The van der Waals surface area contributed by atoms with Gasteiger partial charge in [-0.3, -0.25) is 4.79 Å². The van der Waals surface area contributed by atoms with E-state index in [9.17, 15) is 18.0 Å². The normalized spacial score (nSPS) is 11.3. The van der Waals surface area contributed by atoms with E-state index in [1.807, 2.05) is 0 Å². The van der Waals surface area contributed by atoms with Gasteiger partial charge in [-0.05, 0) is 18.6 Å². The molecule has 22 heavy (non-hydrogen) atoms. The molecular weight excluding hydrogens is 303 g/mol. The summed E-state index contributed by atoms with van der Waals surface area (Å²) < 4.78 is 45.5. The van der Waals surface area contributed by atoms with Gasteiger partial charge in [0.25, 0.3) is 5.91 Å². The molecule has 2 aromatic heterocycles. The van der Waals surface area contributed by atoms with E-state index in [4.69, 9.17) is 4.52 Å². The highest BCUT2D eigenvalue weighted by atomic mass is 19.4. The van der Waals surface area contributed by atoms with Crippen LogP contribution in [0.5, 0.6) is 5.88 Å². The van der Waals surface area contributed by atoms with Gasteiger partial charge < -0.3 is 14.6 Å². The van der Waals surface area contributed by atoms with Crippen molar-refractivity contribution in [2.75, 3.05) is 6.61 Å². The van der Waals surface area contributed by atoms with Crippen LogP contribution in [0.2, 0.25) is 0 Å². The molecule has 0 aliphatic rings. The molecule has 0 saturated heterocycles. The standard InChI is InChI=1S/C13H12F3N3O3/c1-8-10(6-19-22-8)12(20)18-5-9-2-3-17-11(4-9)21-7-13(14,15)16/h2-4,6H,5,7H2,1H3,(H,18,20). The Morgan fingerprint density at radius 1 is 1.45 bits per heavy atom. The molecule has 0 aliphatic heterocycles. The van der Waals surface area contributed by atoms with Crippen LogP contribution < -0.4 is 10.1 Å². The van der Waals surface area contributed by atoms with Crippen LogP contribution in [-0.4, -0.2) is 28.8 Å². The number of nitrogens with one attached hydrogen (secondary N) is 1. The minimum absolute atomic E-state index is 0.106. The number of hydrogen-bond donors (Lipinski definition) is 1. The fraction of sp³-hybridized carbons (Fsp3) is 0.308. The molecule has 6 nitrogen and oxygen atoms in total. The number of carbonyl (C=O) groups is 1. The molecule has 9 heteroatoms. The summed E-state index contributed by atoms with van der Waals surface area (Å²) in [4.78, 5) is 15.5. The Morgan fingerprint density at radius 2 is 2.23 bits per heavy atom. The van der Waals surface area contributed by atoms with E-state index < -0.39 is 18.7 Å². The van der Waals surface area contributed by atoms with Crippen molar-refractivity contribution in [3.63, 3.8) is 0 Å². The van der Waals surface area contributed by atoms with E-state index in [1.54, 1.807) is 13.0 Å². The number of carbonyl (C=O) groups excluding carboxylic acids is 1. The van der Waals surface area contributed by atoms with Crippen molar-refractivity contribution in [2.45, 2.75) is 19.6 Å². The van der Waals surface area contributed by atoms with E-state index in [2.05, 4.69) is 20.2 Å². The maximum absolute atomic E-state index is 12.1. The Morgan fingerprint density at radius 3 is 2.86 bits per heavy atom. The van der Waals surface area contributed by atoms with Gasteiger partial charge in [0.1, 0.15) is 11.3 Å². The lowest BCUT2D eigenvalue weighted by molar-refractivity contribution is -0.154. The van der Waals surface area contributed by atoms with Crippen LogP contribution in [0.1, 0.15) is 21.7 Å². The average Bonchev–Trinajstić information content (AvgIpc) is 2.89. The number of halogens is 3. The second-order valence-electron chi connectivity index (χ2n) is 4.38. The molecule has 2 heterocycles. The Bertz CT molecular complexity index is 655. The predicted molar refractivity (Wildman–Crippen MR) is 68.2 cm³/mol. The molecule has 1 amide bonds. The Kier molecular flexibility index (Phi) is 4.64. The molecule has 2 rings (SSSR count).